The summed E-state index contributed by atoms with van der Waals surface area (Å²) < 4.78 is 5.41. The Morgan fingerprint density at radius 3 is 2.57 bits per heavy atom. The number of halogens is 2. The van der Waals surface area contributed by atoms with Crippen LogP contribution in [0.4, 0.5) is 0 Å². The van der Waals surface area contributed by atoms with Crippen LogP contribution >= 0.6 is 23.2 Å². The largest absolute Gasteiger partial charge is 0.492 e. The Hall–Kier alpha value is -0.440. The molecule has 14 heavy (non-hydrogen) atoms. The van der Waals surface area contributed by atoms with Gasteiger partial charge in [0.15, 0.2) is 0 Å². The SMILES string of the molecule is CCOc1c(Cl)cc(Cl)cc1[C@@H](C)N. The van der Waals surface area contributed by atoms with Crippen molar-refractivity contribution in [2.45, 2.75) is 19.9 Å². The van der Waals surface area contributed by atoms with Gasteiger partial charge in [0.2, 0.25) is 0 Å². The molecule has 0 radical (unpaired) electrons. The van der Waals surface area contributed by atoms with Gasteiger partial charge < -0.3 is 10.5 Å². The molecule has 1 aromatic rings. The quantitative estimate of drug-likeness (QED) is 0.869. The van der Waals surface area contributed by atoms with E-state index in [-0.39, 0.29) is 6.04 Å². The number of rotatable bonds is 3. The monoisotopic (exact) mass is 233 g/mol. The molecule has 1 atom stereocenters. The third-order valence-electron chi connectivity index (χ3n) is 1.82. The molecule has 2 nitrogen and oxygen atoms in total. The summed E-state index contributed by atoms with van der Waals surface area (Å²) in [5, 5.41) is 1.08. The Kier molecular flexibility index (Phi) is 4.05. The first-order valence-electron chi connectivity index (χ1n) is 4.43. The van der Waals surface area contributed by atoms with E-state index in [9.17, 15) is 0 Å². The molecule has 0 bridgehead atoms. The number of hydrogen-bond donors (Lipinski definition) is 1. The second kappa shape index (κ2) is 4.87. The van der Waals surface area contributed by atoms with Crippen molar-refractivity contribution in [2.75, 3.05) is 6.61 Å². The maximum absolute atomic E-state index is 5.99. The van der Waals surface area contributed by atoms with Gasteiger partial charge in [0.05, 0.1) is 11.6 Å². The van der Waals surface area contributed by atoms with Gasteiger partial charge in [-0.25, -0.2) is 0 Å². The molecule has 0 unspecified atom stereocenters. The highest BCUT2D eigenvalue weighted by Crippen LogP contribution is 2.35. The molecule has 1 aromatic carbocycles. The van der Waals surface area contributed by atoms with E-state index >= 15 is 0 Å². The van der Waals surface area contributed by atoms with Crippen LogP contribution in [0.5, 0.6) is 5.75 Å². The fourth-order valence-electron chi connectivity index (χ4n) is 1.22. The predicted octanol–water partition coefficient (Wildman–Crippen LogP) is 3.41. The first-order valence-corrected chi connectivity index (χ1v) is 5.19. The van der Waals surface area contributed by atoms with Crippen LogP contribution in [-0.4, -0.2) is 6.61 Å². The molecule has 0 saturated carbocycles. The third kappa shape index (κ3) is 2.53. The molecule has 0 aliphatic rings. The van der Waals surface area contributed by atoms with Crippen molar-refractivity contribution in [1.29, 1.82) is 0 Å². The van der Waals surface area contributed by atoms with E-state index in [1.54, 1.807) is 12.1 Å². The van der Waals surface area contributed by atoms with E-state index in [1.807, 2.05) is 13.8 Å². The van der Waals surface area contributed by atoms with Gasteiger partial charge >= 0.3 is 0 Å². The molecule has 0 spiro atoms. The zero-order chi connectivity index (χ0) is 10.7. The van der Waals surface area contributed by atoms with Crippen LogP contribution in [0.15, 0.2) is 12.1 Å². The maximum atomic E-state index is 5.99. The molecule has 1 rings (SSSR count). The van der Waals surface area contributed by atoms with Gasteiger partial charge in [0, 0.05) is 16.6 Å². The lowest BCUT2D eigenvalue weighted by Gasteiger charge is -2.14. The first-order chi connectivity index (χ1) is 6.56. The van der Waals surface area contributed by atoms with Crippen molar-refractivity contribution >= 4 is 23.2 Å². The minimum atomic E-state index is -0.146. The van der Waals surface area contributed by atoms with Crippen LogP contribution in [0.25, 0.3) is 0 Å². The second-order valence-electron chi connectivity index (χ2n) is 3.03. The van der Waals surface area contributed by atoms with Gasteiger partial charge in [-0.2, -0.15) is 0 Å². The van der Waals surface area contributed by atoms with Gasteiger partial charge in [0.1, 0.15) is 5.75 Å². The summed E-state index contributed by atoms with van der Waals surface area (Å²) in [4.78, 5) is 0. The second-order valence-corrected chi connectivity index (χ2v) is 3.87. The van der Waals surface area contributed by atoms with Gasteiger partial charge in [-0.1, -0.05) is 23.2 Å². The molecule has 0 aromatic heterocycles. The molecular weight excluding hydrogens is 221 g/mol. The van der Waals surface area contributed by atoms with Gasteiger partial charge in [0.25, 0.3) is 0 Å². The van der Waals surface area contributed by atoms with E-state index in [0.29, 0.717) is 22.4 Å². The molecule has 0 fully saturated rings. The molecule has 0 aliphatic carbocycles. The molecule has 0 amide bonds. The summed E-state index contributed by atoms with van der Waals surface area (Å²) in [5.41, 5.74) is 6.62. The summed E-state index contributed by atoms with van der Waals surface area (Å²) in [6.07, 6.45) is 0. The van der Waals surface area contributed by atoms with Crippen molar-refractivity contribution in [3.63, 3.8) is 0 Å². The van der Waals surface area contributed by atoms with Crippen LogP contribution in [0, 0.1) is 0 Å². The third-order valence-corrected chi connectivity index (χ3v) is 2.32. The number of ether oxygens (including phenoxy) is 1. The molecular formula is C10H13Cl2NO. The van der Waals surface area contributed by atoms with Crippen molar-refractivity contribution in [3.05, 3.63) is 27.7 Å². The van der Waals surface area contributed by atoms with E-state index in [4.69, 9.17) is 33.7 Å². The molecule has 2 N–H and O–H groups in total. The lowest BCUT2D eigenvalue weighted by atomic mass is 10.1. The Morgan fingerprint density at radius 2 is 2.07 bits per heavy atom. The maximum Gasteiger partial charge on any atom is 0.142 e. The van der Waals surface area contributed by atoms with E-state index in [0.717, 1.165) is 5.56 Å². The zero-order valence-electron chi connectivity index (χ0n) is 8.18. The van der Waals surface area contributed by atoms with Crippen molar-refractivity contribution < 1.29 is 4.74 Å². The van der Waals surface area contributed by atoms with Gasteiger partial charge in [-0.3, -0.25) is 0 Å². The van der Waals surface area contributed by atoms with Gasteiger partial charge in [-0.15, -0.1) is 0 Å². The first kappa shape index (κ1) is 11.6. The number of benzene rings is 1. The van der Waals surface area contributed by atoms with Crippen LogP contribution in [0.2, 0.25) is 10.0 Å². The fourth-order valence-corrected chi connectivity index (χ4v) is 1.78. The highest BCUT2D eigenvalue weighted by atomic mass is 35.5. The lowest BCUT2D eigenvalue weighted by Crippen LogP contribution is -2.08. The zero-order valence-corrected chi connectivity index (χ0v) is 9.69. The van der Waals surface area contributed by atoms with E-state index in [1.165, 1.54) is 0 Å². The van der Waals surface area contributed by atoms with Crippen molar-refractivity contribution in [2.24, 2.45) is 5.73 Å². The van der Waals surface area contributed by atoms with Crippen molar-refractivity contribution in [3.8, 4) is 5.75 Å². The van der Waals surface area contributed by atoms with Crippen molar-refractivity contribution in [1.82, 2.24) is 0 Å². The molecule has 0 heterocycles. The molecule has 0 aliphatic heterocycles. The summed E-state index contributed by atoms with van der Waals surface area (Å²) >= 11 is 11.9. The molecule has 4 heteroatoms. The summed E-state index contributed by atoms with van der Waals surface area (Å²) in [6, 6.07) is 3.29. The van der Waals surface area contributed by atoms with Crippen LogP contribution in [-0.2, 0) is 0 Å². The van der Waals surface area contributed by atoms with Crippen LogP contribution < -0.4 is 10.5 Å². The smallest absolute Gasteiger partial charge is 0.142 e. The molecule has 0 saturated heterocycles. The average Bonchev–Trinajstić information content (AvgIpc) is 2.09. The minimum absolute atomic E-state index is 0.146. The highest BCUT2D eigenvalue weighted by molar-refractivity contribution is 6.35. The average molecular weight is 234 g/mol. The summed E-state index contributed by atoms with van der Waals surface area (Å²) in [7, 11) is 0. The Balaban J connectivity index is 3.21. The normalized spacial score (nSPS) is 12.6. The standard InChI is InChI=1S/C10H13Cl2NO/c1-3-14-10-8(6(2)13)4-7(11)5-9(10)12/h4-6H,3,13H2,1-2H3/t6-/m1/s1. The number of hydrogen-bond acceptors (Lipinski definition) is 2. The molecule has 78 valence electrons. The Morgan fingerprint density at radius 1 is 1.43 bits per heavy atom. The van der Waals surface area contributed by atoms with Crippen LogP contribution in [0.1, 0.15) is 25.5 Å². The highest BCUT2D eigenvalue weighted by Gasteiger charge is 2.13. The van der Waals surface area contributed by atoms with E-state index in [2.05, 4.69) is 0 Å². The van der Waals surface area contributed by atoms with Crippen LogP contribution in [0.3, 0.4) is 0 Å². The fraction of sp³-hybridized carbons (Fsp3) is 0.400. The predicted molar refractivity (Wildman–Crippen MR) is 60.2 cm³/mol. The van der Waals surface area contributed by atoms with Gasteiger partial charge in [-0.05, 0) is 26.0 Å². The minimum Gasteiger partial charge on any atom is -0.492 e. The lowest BCUT2D eigenvalue weighted by molar-refractivity contribution is 0.335. The number of nitrogens with two attached hydrogens (primary N) is 1. The topological polar surface area (TPSA) is 35.2 Å². The summed E-state index contributed by atoms with van der Waals surface area (Å²) in [5.74, 6) is 0.633. The summed E-state index contributed by atoms with van der Waals surface area (Å²) in [6.45, 7) is 4.32. The Labute approximate surface area is 94.0 Å². The Bertz CT molecular complexity index is 326. The van der Waals surface area contributed by atoms with E-state index < -0.39 is 0 Å².